The summed E-state index contributed by atoms with van der Waals surface area (Å²) in [5, 5.41) is 20.8. The van der Waals surface area contributed by atoms with E-state index < -0.39 is 59.3 Å². The molecule has 0 bridgehead atoms. The van der Waals surface area contributed by atoms with Crippen LogP contribution in [-0.2, 0) is 16.4 Å². The summed E-state index contributed by atoms with van der Waals surface area (Å²) in [6.45, 7) is 0. The molecule has 182 valence electrons. The summed E-state index contributed by atoms with van der Waals surface area (Å²) < 4.78 is 97.2. The molecule has 0 fully saturated rings. The van der Waals surface area contributed by atoms with Crippen LogP contribution in [0.25, 0.3) is 0 Å². The lowest BCUT2D eigenvalue weighted by molar-refractivity contribution is -0.274. The Hall–Kier alpha value is -3.58. The maximum Gasteiger partial charge on any atom is 0.573 e. The number of rotatable bonds is 4. The van der Waals surface area contributed by atoms with Crippen molar-refractivity contribution in [2.24, 2.45) is 0 Å². The van der Waals surface area contributed by atoms with Gasteiger partial charge in [0.1, 0.15) is 17.0 Å². The largest absolute Gasteiger partial charge is 0.573 e. The molecule has 4 rings (SSSR count). The van der Waals surface area contributed by atoms with Gasteiger partial charge < -0.3 is 20.1 Å². The molecule has 1 aliphatic heterocycles. The number of ether oxygens (including phenoxy) is 1. The highest BCUT2D eigenvalue weighted by molar-refractivity contribution is 6.58. The Kier molecular flexibility index (Phi) is 5.80. The van der Waals surface area contributed by atoms with E-state index in [-0.39, 0.29) is 16.7 Å². The summed E-state index contributed by atoms with van der Waals surface area (Å²) in [6.07, 6.45) is -9.88. The number of nitrogens with one attached hydrogen (secondary N) is 1. The topological polar surface area (TPSA) is 78.8 Å². The van der Waals surface area contributed by atoms with Gasteiger partial charge in [-0.05, 0) is 35.4 Å². The number of benzene rings is 3. The van der Waals surface area contributed by atoms with E-state index in [0.29, 0.717) is 0 Å². The van der Waals surface area contributed by atoms with Gasteiger partial charge in [0.15, 0.2) is 0 Å². The zero-order chi connectivity index (χ0) is 25.8. The van der Waals surface area contributed by atoms with Crippen LogP contribution in [0, 0.1) is 5.82 Å². The van der Waals surface area contributed by atoms with Gasteiger partial charge in [-0.25, -0.2) is 4.39 Å². The molecular weight excluding hydrogens is 486 g/mol. The first-order valence-electron chi connectivity index (χ1n) is 9.79. The molecule has 13 heteroatoms. The summed E-state index contributed by atoms with van der Waals surface area (Å²) in [5.41, 5.74) is -4.94. The second-order valence-electron chi connectivity index (χ2n) is 7.61. The van der Waals surface area contributed by atoms with Crippen molar-refractivity contribution in [2.45, 2.75) is 18.0 Å². The quantitative estimate of drug-likeness (QED) is 0.378. The second-order valence-corrected chi connectivity index (χ2v) is 7.61. The van der Waals surface area contributed by atoms with E-state index in [1.165, 1.54) is 6.07 Å². The molecule has 0 aromatic heterocycles. The molecule has 3 aromatic rings. The highest BCUT2D eigenvalue weighted by Gasteiger charge is 2.52. The second kappa shape index (κ2) is 8.27. The molecular formula is C22H13BF7NO4. The van der Waals surface area contributed by atoms with E-state index in [9.17, 15) is 45.6 Å². The summed E-state index contributed by atoms with van der Waals surface area (Å²) >= 11 is 0. The molecule has 0 aliphatic carbocycles. The van der Waals surface area contributed by atoms with Crippen molar-refractivity contribution in [1.29, 1.82) is 0 Å². The summed E-state index contributed by atoms with van der Waals surface area (Å²) in [6, 6.07) is 9.62. The van der Waals surface area contributed by atoms with Crippen LogP contribution in [0.5, 0.6) is 5.75 Å². The third kappa shape index (κ3) is 4.21. The molecule has 3 aromatic carbocycles. The summed E-state index contributed by atoms with van der Waals surface area (Å²) in [4.78, 5) is 13.4. The number of hydrogen-bond donors (Lipinski definition) is 3. The number of amides is 1. The number of halogens is 7. The van der Waals surface area contributed by atoms with Crippen LogP contribution in [0.4, 0.5) is 36.4 Å². The van der Waals surface area contributed by atoms with E-state index in [1.54, 1.807) is 0 Å². The number of anilines is 1. The monoisotopic (exact) mass is 499 g/mol. The van der Waals surface area contributed by atoms with Gasteiger partial charge in [-0.1, -0.05) is 36.4 Å². The normalized spacial score (nSPS) is 17.7. The first-order chi connectivity index (χ1) is 16.2. The van der Waals surface area contributed by atoms with Gasteiger partial charge in [-0.3, -0.25) is 4.79 Å². The van der Waals surface area contributed by atoms with Crippen LogP contribution in [0.15, 0.2) is 60.7 Å². The Morgan fingerprint density at radius 2 is 1.51 bits per heavy atom. The molecule has 0 spiro atoms. The van der Waals surface area contributed by atoms with Crippen molar-refractivity contribution in [3.05, 3.63) is 88.7 Å². The maximum absolute atomic E-state index is 14.7. The van der Waals surface area contributed by atoms with E-state index in [1.807, 2.05) is 0 Å². The highest BCUT2D eigenvalue weighted by Crippen LogP contribution is 2.51. The minimum atomic E-state index is -5.01. The summed E-state index contributed by atoms with van der Waals surface area (Å²) in [5.74, 6) is -2.84. The van der Waals surface area contributed by atoms with Crippen LogP contribution in [0.1, 0.15) is 22.3 Å². The van der Waals surface area contributed by atoms with Crippen LogP contribution in [0.3, 0.4) is 0 Å². The minimum Gasteiger partial charge on any atom is -0.423 e. The van der Waals surface area contributed by atoms with Crippen molar-refractivity contribution >= 4 is 24.2 Å². The van der Waals surface area contributed by atoms with Gasteiger partial charge in [0.05, 0.1) is 11.3 Å². The fraction of sp³-hybridized carbons (Fsp3) is 0.136. The number of alkyl halides is 6. The standard InChI is InChI=1S/C22H13BF7NO4/c24-17-10-12(6-9-16(17)23(33)34)20(11-4-7-13(8-5-11)35-22(28,29)30)14-2-1-3-15(21(25,26)27)18(14)31-19(20)32/h1-10,33-34H,(H,31,32). The van der Waals surface area contributed by atoms with Gasteiger partial charge >= 0.3 is 19.7 Å². The Morgan fingerprint density at radius 1 is 0.886 bits per heavy atom. The first kappa shape index (κ1) is 24.5. The average molecular weight is 499 g/mol. The zero-order valence-electron chi connectivity index (χ0n) is 17.2. The number of carbonyl (C=O) groups excluding carboxylic acids is 1. The first-order valence-corrected chi connectivity index (χ1v) is 9.79. The van der Waals surface area contributed by atoms with Crippen molar-refractivity contribution in [3.63, 3.8) is 0 Å². The van der Waals surface area contributed by atoms with Crippen LogP contribution in [-0.4, -0.2) is 29.4 Å². The van der Waals surface area contributed by atoms with Crippen molar-refractivity contribution in [2.75, 3.05) is 5.32 Å². The number of carbonyl (C=O) groups is 1. The Morgan fingerprint density at radius 3 is 2.06 bits per heavy atom. The van der Waals surface area contributed by atoms with Crippen molar-refractivity contribution in [1.82, 2.24) is 0 Å². The van der Waals surface area contributed by atoms with Gasteiger partial charge in [-0.15, -0.1) is 13.2 Å². The lowest BCUT2D eigenvalue weighted by Gasteiger charge is -2.29. The van der Waals surface area contributed by atoms with Crippen LogP contribution >= 0.6 is 0 Å². The van der Waals surface area contributed by atoms with Gasteiger partial charge in [0.25, 0.3) is 0 Å². The highest BCUT2D eigenvalue weighted by atomic mass is 19.4. The third-order valence-electron chi connectivity index (χ3n) is 5.59. The third-order valence-corrected chi connectivity index (χ3v) is 5.59. The molecule has 1 amide bonds. The predicted molar refractivity (Wildman–Crippen MR) is 109 cm³/mol. The SMILES string of the molecule is O=C1Nc2c(C(F)(F)F)cccc2C1(c1ccc(OC(F)(F)F)cc1)c1ccc(B(O)O)c(F)c1. The van der Waals surface area contributed by atoms with E-state index in [2.05, 4.69) is 10.1 Å². The van der Waals surface area contributed by atoms with E-state index in [4.69, 9.17) is 0 Å². The van der Waals surface area contributed by atoms with Gasteiger partial charge in [-0.2, -0.15) is 13.2 Å². The fourth-order valence-electron chi connectivity index (χ4n) is 4.18. The van der Waals surface area contributed by atoms with Gasteiger partial charge in [0.2, 0.25) is 5.91 Å². The molecule has 0 saturated carbocycles. The predicted octanol–water partition coefficient (Wildman–Crippen LogP) is 3.71. The number of hydrogen-bond acceptors (Lipinski definition) is 4. The van der Waals surface area contributed by atoms with Crippen LogP contribution < -0.4 is 15.5 Å². The van der Waals surface area contributed by atoms with E-state index >= 15 is 0 Å². The Balaban J connectivity index is 1.99. The van der Waals surface area contributed by atoms with Gasteiger partial charge in [0, 0.05) is 11.0 Å². The fourth-order valence-corrected chi connectivity index (χ4v) is 4.18. The molecule has 5 nitrogen and oxygen atoms in total. The van der Waals surface area contributed by atoms with Crippen molar-refractivity contribution in [3.8, 4) is 5.75 Å². The smallest absolute Gasteiger partial charge is 0.423 e. The van der Waals surface area contributed by atoms with E-state index in [0.717, 1.165) is 54.6 Å². The molecule has 0 radical (unpaired) electrons. The van der Waals surface area contributed by atoms with Crippen LogP contribution in [0.2, 0.25) is 0 Å². The molecule has 3 N–H and O–H groups in total. The molecule has 1 atom stereocenters. The van der Waals surface area contributed by atoms with Crippen molar-refractivity contribution < 1.29 is 50.3 Å². The molecule has 35 heavy (non-hydrogen) atoms. The molecule has 1 unspecified atom stereocenters. The lowest BCUT2D eigenvalue weighted by Crippen LogP contribution is -2.39. The Labute approximate surface area is 192 Å². The number of para-hydroxylation sites is 1. The lowest BCUT2D eigenvalue weighted by atomic mass is 9.68. The summed E-state index contributed by atoms with van der Waals surface area (Å²) in [7, 11) is -2.21. The zero-order valence-corrected chi connectivity index (χ0v) is 17.2. The molecule has 0 saturated heterocycles. The number of fused-ring (bicyclic) bond motifs is 1. The average Bonchev–Trinajstić information content (AvgIpc) is 3.04. The Bertz CT molecular complexity index is 1290. The molecule has 1 heterocycles. The maximum atomic E-state index is 14.7. The minimum absolute atomic E-state index is 0.0840. The molecule has 1 aliphatic rings.